The molecule has 3 heteroatoms. The Balaban J connectivity index is 1.63. The molecule has 3 rings (SSSR count). The van der Waals surface area contributed by atoms with Crippen LogP contribution in [0.5, 0.6) is 0 Å². The molecule has 21 heavy (non-hydrogen) atoms. The maximum atomic E-state index is 12.0. The summed E-state index contributed by atoms with van der Waals surface area (Å²) in [6.45, 7) is 0. The van der Waals surface area contributed by atoms with Crippen molar-refractivity contribution in [3.63, 3.8) is 0 Å². The molecule has 0 atom stereocenters. The number of rotatable bonds is 3. The number of anilines is 1. The second-order valence-corrected chi connectivity index (χ2v) is 5.53. The van der Waals surface area contributed by atoms with Gasteiger partial charge in [-0.2, -0.15) is 0 Å². The summed E-state index contributed by atoms with van der Waals surface area (Å²) in [5.74, 6) is 0.628. The molecule has 0 saturated heterocycles. The summed E-state index contributed by atoms with van der Waals surface area (Å²) >= 11 is 0. The quantitative estimate of drug-likeness (QED) is 0.843. The van der Waals surface area contributed by atoms with E-state index in [0.717, 1.165) is 16.5 Å². The first-order valence-electron chi connectivity index (χ1n) is 7.55. The molecule has 0 unspecified atom stereocenters. The second kappa shape index (κ2) is 6.44. The molecule has 2 aromatic carbocycles. The summed E-state index contributed by atoms with van der Waals surface area (Å²) in [6.07, 6.45) is 8.97. The Hall–Kier alpha value is -2.29. The standard InChI is InChI=1S/C18H20N2O/c21-18(19-13-12-14-6-1-2-7-14)20-17-11-5-9-15-8-3-4-10-16(15)17/h3-5,8-14H,1-2,6-7H2,(H2,19,20,21)/b13-12+. The van der Waals surface area contributed by atoms with Crippen molar-refractivity contribution in [2.75, 3.05) is 5.32 Å². The number of fused-ring (bicyclic) bond motifs is 1. The molecule has 1 fully saturated rings. The average molecular weight is 280 g/mol. The summed E-state index contributed by atoms with van der Waals surface area (Å²) < 4.78 is 0. The van der Waals surface area contributed by atoms with Crippen LogP contribution in [0.1, 0.15) is 25.7 Å². The van der Waals surface area contributed by atoms with Gasteiger partial charge in [0.25, 0.3) is 0 Å². The number of hydrogen-bond acceptors (Lipinski definition) is 1. The van der Waals surface area contributed by atoms with E-state index in [4.69, 9.17) is 0 Å². The predicted molar refractivity (Wildman–Crippen MR) is 87.2 cm³/mol. The van der Waals surface area contributed by atoms with E-state index in [1.165, 1.54) is 25.7 Å². The fourth-order valence-electron chi connectivity index (χ4n) is 2.90. The molecule has 1 aliphatic rings. The van der Waals surface area contributed by atoms with Gasteiger partial charge in [0, 0.05) is 11.6 Å². The normalized spacial score (nSPS) is 15.6. The van der Waals surface area contributed by atoms with Gasteiger partial charge >= 0.3 is 6.03 Å². The Bertz CT molecular complexity index is 652. The summed E-state index contributed by atoms with van der Waals surface area (Å²) in [5, 5.41) is 7.87. The van der Waals surface area contributed by atoms with Gasteiger partial charge in [-0.15, -0.1) is 0 Å². The van der Waals surface area contributed by atoms with Crippen molar-refractivity contribution in [2.45, 2.75) is 25.7 Å². The third-order valence-electron chi connectivity index (χ3n) is 4.02. The fourth-order valence-corrected chi connectivity index (χ4v) is 2.90. The van der Waals surface area contributed by atoms with Crippen molar-refractivity contribution in [3.05, 3.63) is 54.7 Å². The number of hydrogen-bond donors (Lipinski definition) is 2. The van der Waals surface area contributed by atoms with Gasteiger partial charge in [0.15, 0.2) is 0 Å². The molecule has 0 aromatic heterocycles. The lowest BCUT2D eigenvalue weighted by Gasteiger charge is -2.08. The number of amides is 2. The summed E-state index contributed by atoms with van der Waals surface area (Å²) in [6, 6.07) is 13.7. The number of allylic oxidation sites excluding steroid dienone is 1. The van der Waals surface area contributed by atoms with Crippen LogP contribution in [0.4, 0.5) is 10.5 Å². The van der Waals surface area contributed by atoms with Gasteiger partial charge in [-0.3, -0.25) is 0 Å². The summed E-state index contributed by atoms with van der Waals surface area (Å²) in [7, 11) is 0. The molecule has 2 amide bonds. The van der Waals surface area contributed by atoms with Crippen LogP contribution >= 0.6 is 0 Å². The zero-order valence-corrected chi connectivity index (χ0v) is 12.0. The SMILES string of the molecule is O=C(N/C=C/C1CCCC1)Nc1cccc2ccccc12. The van der Waals surface area contributed by atoms with Crippen molar-refractivity contribution < 1.29 is 4.79 Å². The van der Waals surface area contributed by atoms with Gasteiger partial charge in [0.1, 0.15) is 0 Å². The minimum absolute atomic E-state index is 0.194. The van der Waals surface area contributed by atoms with E-state index < -0.39 is 0 Å². The third kappa shape index (κ3) is 3.43. The van der Waals surface area contributed by atoms with E-state index in [9.17, 15) is 4.79 Å². The monoisotopic (exact) mass is 280 g/mol. The Kier molecular flexibility index (Phi) is 4.20. The first-order valence-corrected chi connectivity index (χ1v) is 7.55. The van der Waals surface area contributed by atoms with Crippen LogP contribution in [-0.2, 0) is 0 Å². The number of nitrogens with one attached hydrogen (secondary N) is 2. The zero-order valence-electron chi connectivity index (χ0n) is 12.0. The topological polar surface area (TPSA) is 41.1 Å². The molecule has 2 N–H and O–H groups in total. The Labute approximate surface area is 125 Å². The van der Waals surface area contributed by atoms with E-state index in [-0.39, 0.29) is 6.03 Å². The lowest BCUT2D eigenvalue weighted by molar-refractivity contribution is 0.255. The smallest absolute Gasteiger partial charge is 0.315 e. The number of urea groups is 1. The van der Waals surface area contributed by atoms with Crippen LogP contribution in [0.3, 0.4) is 0 Å². The molecule has 0 heterocycles. The molecule has 0 aliphatic heterocycles. The Morgan fingerprint density at radius 2 is 1.81 bits per heavy atom. The van der Waals surface area contributed by atoms with E-state index >= 15 is 0 Å². The average Bonchev–Trinajstić information content (AvgIpc) is 3.01. The highest BCUT2D eigenvalue weighted by molar-refractivity contribution is 6.01. The first kappa shape index (κ1) is 13.7. The molecule has 3 nitrogen and oxygen atoms in total. The largest absolute Gasteiger partial charge is 0.323 e. The van der Waals surface area contributed by atoms with Crippen molar-refractivity contribution in [3.8, 4) is 0 Å². The highest BCUT2D eigenvalue weighted by atomic mass is 16.2. The van der Waals surface area contributed by atoms with E-state index in [1.54, 1.807) is 6.20 Å². The summed E-state index contributed by atoms with van der Waals surface area (Å²) in [4.78, 5) is 12.0. The Morgan fingerprint density at radius 3 is 2.67 bits per heavy atom. The minimum atomic E-state index is -0.194. The maximum absolute atomic E-state index is 12.0. The van der Waals surface area contributed by atoms with E-state index in [0.29, 0.717) is 5.92 Å². The molecule has 0 radical (unpaired) electrons. The van der Waals surface area contributed by atoms with Crippen molar-refractivity contribution >= 4 is 22.5 Å². The van der Waals surface area contributed by atoms with Crippen molar-refractivity contribution in [1.82, 2.24) is 5.32 Å². The van der Waals surface area contributed by atoms with Gasteiger partial charge < -0.3 is 10.6 Å². The highest BCUT2D eigenvalue weighted by Gasteiger charge is 2.11. The molecule has 0 spiro atoms. The lowest BCUT2D eigenvalue weighted by atomic mass is 10.1. The molecule has 108 valence electrons. The molecule has 1 saturated carbocycles. The van der Waals surface area contributed by atoms with Crippen molar-refractivity contribution in [1.29, 1.82) is 0 Å². The second-order valence-electron chi connectivity index (χ2n) is 5.53. The number of carbonyl (C=O) groups excluding carboxylic acids is 1. The van der Waals surface area contributed by atoms with Gasteiger partial charge in [-0.1, -0.05) is 55.3 Å². The van der Waals surface area contributed by atoms with Crippen LogP contribution in [0.2, 0.25) is 0 Å². The number of carbonyl (C=O) groups is 1. The molecular weight excluding hydrogens is 260 g/mol. The van der Waals surface area contributed by atoms with Crippen LogP contribution in [0.25, 0.3) is 10.8 Å². The lowest BCUT2D eigenvalue weighted by Crippen LogP contribution is -2.24. The fraction of sp³-hybridized carbons (Fsp3) is 0.278. The van der Waals surface area contributed by atoms with Gasteiger partial charge in [-0.05, 0) is 30.2 Å². The first-order chi connectivity index (χ1) is 10.3. The van der Waals surface area contributed by atoms with Crippen LogP contribution in [-0.4, -0.2) is 6.03 Å². The third-order valence-corrected chi connectivity index (χ3v) is 4.02. The van der Waals surface area contributed by atoms with E-state index in [2.05, 4.69) is 16.7 Å². The highest BCUT2D eigenvalue weighted by Crippen LogP contribution is 2.25. The minimum Gasteiger partial charge on any atom is -0.315 e. The van der Waals surface area contributed by atoms with Crippen molar-refractivity contribution in [2.24, 2.45) is 5.92 Å². The van der Waals surface area contributed by atoms with E-state index in [1.807, 2.05) is 42.5 Å². The summed E-state index contributed by atoms with van der Waals surface area (Å²) in [5.41, 5.74) is 0.833. The van der Waals surface area contributed by atoms with Crippen LogP contribution in [0, 0.1) is 5.92 Å². The van der Waals surface area contributed by atoms with Crippen LogP contribution in [0.15, 0.2) is 54.7 Å². The zero-order chi connectivity index (χ0) is 14.5. The Morgan fingerprint density at radius 1 is 1.05 bits per heavy atom. The molecule has 2 aromatic rings. The van der Waals surface area contributed by atoms with Gasteiger partial charge in [-0.25, -0.2) is 4.79 Å². The number of benzene rings is 2. The molecular formula is C18H20N2O. The van der Waals surface area contributed by atoms with Gasteiger partial charge in [0.05, 0.1) is 5.69 Å². The molecule has 0 bridgehead atoms. The molecule has 1 aliphatic carbocycles. The van der Waals surface area contributed by atoms with Crippen LogP contribution < -0.4 is 10.6 Å². The maximum Gasteiger partial charge on any atom is 0.323 e. The van der Waals surface area contributed by atoms with Gasteiger partial charge in [0.2, 0.25) is 0 Å². The predicted octanol–water partition coefficient (Wildman–Crippen LogP) is 4.67.